The number of nitrogens with zero attached hydrogens (tertiary/aromatic N) is 3. The standard InChI is InChI=1S/C19H27N7O2.ClH/c1-12(2)21-19(28)22-15-6-4-14(5-7-15)17(27)24-18-23-16(25-26(18)3)13-8-10-20-11-9-13;/h4-7,12-13,20H,8-11H2,1-3H3,(H2,21,22,28)(H,23,24,25,27);1H. The molecule has 3 rings (SSSR count). The fourth-order valence-electron chi connectivity index (χ4n) is 3.07. The maximum atomic E-state index is 12.5. The van der Waals surface area contributed by atoms with Crippen LogP contribution in [0.4, 0.5) is 16.4 Å². The van der Waals surface area contributed by atoms with Crippen LogP contribution in [0.3, 0.4) is 0 Å². The van der Waals surface area contributed by atoms with Crippen LogP contribution in [0.5, 0.6) is 0 Å². The number of amides is 3. The minimum absolute atomic E-state index is 0. The number of aryl methyl sites for hydroxylation is 1. The summed E-state index contributed by atoms with van der Waals surface area (Å²) < 4.78 is 1.60. The summed E-state index contributed by atoms with van der Waals surface area (Å²) in [5, 5.41) is 16.1. The van der Waals surface area contributed by atoms with Crippen LogP contribution < -0.4 is 21.3 Å². The van der Waals surface area contributed by atoms with Crippen molar-refractivity contribution in [2.24, 2.45) is 7.05 Å². The predicted molar refractivity (Wildman–Crippen MR) is 115 cm³/mol. The first kappa shape index (κ1) is 22.6. The number of hydrogen-bond acceptors (Lipinski definition) is 5. The molecule has 2 heterocycles. The second kappa shape index (κ2) is 10.2. The minimum atomic E-state index is -0.281. The van der Waals surface area contributed by atoms with Gasteiger partial charge in [0.2, 0.25) is 5.95 Å². The number of halogens is 1. The van der Waals surface area contributed by atoms with Crippen molar-refractivity contribution in [1.29, 1.82) is 0 Å². The molecule has 0 spiro atoms. The van der Waals surface area contributed by atoms with Gasteiger partial charge in [-0.1, -0.05) is 0 Å². The Kier molecular flexibility index (Phi) is 7.98. The van der Waals surface area contributed by atoms with Crippen molar-refractivity contribution in [3.63, 3.8) is 0 Å². The fraction of sp³-hybridized carbons (Fsp3) is 0.474. The Hall–Kier alpha value is -2.65. The van der Waals surface area contributed by atoms with E-state index in [2.05, 4.69) is 31.3 Å². The van der Waals surface area contributed by atoms with Gasteiger partial charge in [0, 0.05) is 30.3 Å². The SMILES string of the molecule is CC(C)NC(=O)Nc1ccc(C(=O)Nc2nc(C3CCNCC3)nn2C)cc1.Cl. The fourth-order valence-corrected chi connectivity index (χ4v) is 3.07. The van der Waals surface area contributed by atoms with Gasteiger partial charge >= 0.3 is 6.03 Å². The van der Waals surface area contributed by atoms with Crippen LogP contribution in [-0.4, -0.2) is 45.8 Å². The first-order chi connectivity index (χ1) is 13.4. The van der Waals surface area contributed by atoms with Gasteiger partial charge in [0.15, 0.2) is 5.82 Å². The Labute approximate surface area is 176 Å². The summed E-state index contributed by atoms with van der Waals surface area (Å²) >= 11 is 0. The maximum Gasteiger partial charge on any atom is 0.319 e. The van der Waals surface area contributed by atoms with E-state index in [4.69, 9.17) is 0 Å². The van der Waals surface area contributed by atoms with Crippen LogP contribution in [0.25, 0.3) is 0 Å². The average molecular weight is 422 g/mol. The summed E-state index contributed by atoms with van der Waals surface area (Å²) in [4.78, 5) is 28.8. The average Bonchev–Trinajstić information content (AvgIpc) is 3.03. The molecule has 1 saturated heterocycles. The van der Waals surface area contributed by atoms with Crippen LogP contribution in [-0.2, 0) is 7.05 Å². The molecule has 0 aliphatic carbocycles. The zero-order valence-corrected chi connectivity index (χ0v) is 17.7. The van der Waals surface area contributed by atoms with E-state index in [1.165, 1.54) is 0 Å². The Balaban J connectivity index is 0.00000300. The third-order valence-electron chi connectivity index (χ3n) is 4.53. The second-order valence-electron chi connectivity index (χ2n) is 7.23. The first-order valence-electron chi connectivity index (χ1n) is 9.53. The quantitative estimate of drug-likeness (QED) is 0.592. The van der Waals surface area contributed by atoms with Gasteiger partial charge < -0.3 is 16.0 Å². The Bertz CT molecular complexity index is 830. The highest BCUT2D eigenvalue weighted by Gasteiger charge is 2.21. The molecule has 158 valence electrons. The van der Waals surface area contributed by atoms with Crippen molar-refractivity contribution >= 4 is 36.0 Å². The number of hydrogen-bond donors (Lipinski definition) is 4. The molecule has 4 N–H and O–H groups in total. The molecule has 0 bridgehead atoms. The number of piperidine rings is 1. The molecule has 3 amide bonds. The smallest absolute Gasteiger partial charge is 0.319 e. The van der Waals surface area contributed by atoms with Crippen LogP contribution in [0, 0.1) is 0 Å². The molecule has 2 aromatic rings. The van der Waals surface area contributed by atoms with E-state index in [1.54, 1.807) is 36.0 Å². The normalized spacial score (nSPS) is 14.2. The lowest BCUT2D eigenvalue weighted by Gasteiger charge is -2.19. The third-order valence-corrected chi connectivity index (χ3v) is 4.53. The largest absolute Gasteiger partial charge is 0.336 e. The number of carbonyl (C=O) groups is 2. The molecule has 9 nitrogen and oxygen atoms in total. The first-order valence-corrected chi connectivity index (χ1v) is 9.53. The molecule has 1 aliphatic rings. The van der Waals surface area contributed by atoms with Crippen molar-refractivity contribution in [3.05, 3.63) is 35.7 Å². The Morgan fingerprint density at radius 1 is 1.14 bits per heavy atom. The van der Waals surface area contributed by atoms with E-state index in [-0.39, 0.29) is 30.4 Å². The van der Waals surface area contributed by atoms with Gasteiger partial charge in [-0.05, 0) is 64.0 Å². The predicted octanol–water partition coefficient (Wildman–Crippen LogP) is 2.49. The molecule has 0 unspecified atom stereocenters. The Morgan fingerprint density at radius 2 is 1.79 bits per heavy atom. The van der Waals surface area contributed by atoms with Crippen LogP contribution >= 0.6 is 12.4 Å². The molecular formula is C19H28ClN7O2. The van der Waals surface area contributed by atoms with Crippen LogP contribution in [0.15, 0.2) is 24.3 Å². The van der Waals surface area contributed by atoms with Crippen molar-refractivity contribution in [3.8, 4) is 0 Å². The number of carbonyl (C=O) groups excluding carboxylic acids is 2. The number of urea groups is 1. The summed E-state index contributed by atoms with van der Waals surface area (Å²) in [7, 11) is 1.77. The van der Waals surface area contributed by atoms with Crippen molar-refractivity contribution in [2.75, 3.05) is 23.7 Å². The summed E-state index contributed by atoms with van der Waals surface area (Å²) in [5.74, 6) is 1.25. The van der Waals surface area contributed by atoms with E-state index >= 15 is 0 Å². The van der Waals surface area contributed by atoms with Gasteiger partial charge in [-0.3, -0.25) is 10.1 Å². The summed E-state index contributed by atoms with van der Waals surface area (Å²) in [6, 6.07) is 6.45. The van der Waals surface area contributed by atoms with Gasteiger partial charge in [-0.15, -0.1) is 12.4 Å². The molecule has 1 fully saturated rings. The van der Waals surface area contributed by atoms with Gasteiger partial charge in [-0.2, -0.15) is 10.1 Å². The number of nitrogens with one attached hydrogen (secondary N) is 4. The molecule has 1 aromatic carbocycles. The van der Waals surface area contributed by atoms with Crippen LogP contribution in [0.1, 0.15) is 48.8 Å². The molecule has 0 radical (unpaired) electrons. The number of benzene rings is 1. The maximum absolute atomic E-state index is 12.5. The summed E-state index contributed by atoms with van der Waals surface area (Å²) in [6.07, 6.45) is 1.99. The van der Waals surface area contributed by atoms with E-state index in [0.29, 0.717) is 23.1 Å². The lowest BCUT2D eigenvalue weighted by Crippen LogP contribution is -2.34. The summed E-state index contributed by atoms with van der Waals surface area (Å²) in [6.45, 7) is 5.69. The molecule has 1 aliphatic heterocycles. The highest BCUT2D eigenvalue weighted by atomic mass is 35.5. The Morgan fingerprint density at radius 3 is 2.41 bits per heavy atom. The van der Waals surface area contributed by atoms with Gasteiger partial charge in [-0.25, -0.2) is 9.48 Å². The van der Waals surface area contributed by atoms with Crippen LogP contribution in [0.2, 0.25) is 0 Å². The zero-order chi connectivity index (χ0) is 20.1. The van der Waals surface area contributed by atoms with E-state index in [1.807, 2.05) is 13.8 Å². The van der Waals surface area contributed by atoms with E-state index in [9.17, 15) is 9.59 Å². The number of rotatable bonds is 5. The zero-order valence-electron chi connectivity index (χ0n) is 16.9. The van der Waals surface area contributed by atoms with Gasteiger partial charge in [0.25, 0.3) is 5.91 Å². The highest BCUT2D eigenvalue weighted by molar-refractivity contribution is 6.03. The molecule has 0 saturated carbocycles. The third kappa shape index (κ3) is 6.16. The molecule has 10 heteroatoms. The molecule has 29 heavy (non-hydrogen) atoms. The van der Waals surface area contributed by atoms with Gasteiger partial charge in [0.05, 0.1) is 0 Å². The number of anilines is 2. The molecule has 0 atom stereocenters. The van der Waals surface area contributed by atoms with Crippen molar-refractivity contribution in [1.82, 2.24) is 25.4 Å². The molecular weight excluding hydrogens is 394 g/mol. The minimum Gasteiger partial charge on any atom is -0.336 e. The van der Waals surface area contributed by atoms with Crippen molar-refractivity contribution < 1.29 is 9.59 Å². The molecule has 1 aromatic heterocycles. The van der Waals surface area contributed by atoms with E-state index < -0.39 is 0 Å². The lowest BCUT2D eigenvalue weighted by molar-refractivity contribution is 0.102. The summed E-state index contributed by atoms with van der Waals surface area (Å²) in [5.41, 5.74) is 1.09. The monoisotopic (exact) mass is 421 g/mol. The van der Waals surface area contributed by atoms with E-state index in [0.717, 1.165) is 31.8 Å². The topological polar surface area (TPSA) is 113 Å². The highest BCUT2D eigenvalue weighted by Crippen LogP contribution is 2.23. The lowest BCUT2D eigenvalue weighted by atomic mass is 9.98. The van der Waals surface area contributed by atoms with Gasteiger partial charge in [0.1, 0.15) is 0 Å². The second-order valence-corrected chi connectivity index (χ2v) is 7.23. The number of aromatic nitrogens is 3. The van der Waals surface area contributed by atoms with Crippen molar-refractivity contribution in [2.45, 2.75) is 38.6 Å².